The Hall–Kier alpha value is 1.15. The number of hydrogen-bond acceptors (Lipinski definition) is 6. The molecular weight excluding hydrogens is 608 g/mol. The maximum atomic E-state index is 4.68. The van der Waals surface area contributed by atoms with Crippen LogP contribution in [-0.2, 0) is 37.9 Å². The molecular formula is C21H42N3S6Sb. The van der Waals surface area contributed by atoms with E-state index in [4.69, 9.17) is 0 Å². The SMILES string of the molecule is CCCCCCNC(=S)[S-].CCCCCCNC(=S)[S-].CCCCCCNC(=S)[S-].[Sb+3]. The summed E-state index contributed by atoms with van der Waals surface area (Å²) in [6, 6.07) is 0. The number of nitrogens with one attached hydrogen (secondary N) is 3. The van der Waals surface area contributed by atoms with Gasteiger partial charge in [0.15, 0.2) is 0 Å². The van der Waals surface area contributed by atoms with Crippen LogP contribution in [0.5, 0.6) is 0 Å². The molecule has 3 N–H and O–H groups in total. The number of unbranched alkanes of at least 4 members (excludes halogenated alkanes) is 9. The summed E-state index contributed by atoms with van der Waals surface area (Å²) >= 11 is 28.1. The van der Waals surface area contributed by atoms with E-state index in [1.54, 1.807) is 0 Å². The van der Waals surface area contributed by atoms with E-state index in [0.717, 1.165) is 19.6 Å². The van der Waals surface area contributed by atoms with Gasteiger partial charge in [0.05, 0.1) is 0 Å². The first kappa shape index (κ1) is 39.4. The molecule has 0 aromatic rings. The van der Waals surface area contributed by atoms with Crippen LogP contribution in [0.4, 0.5) is 0 Å². The summed E-state index contributed by atoms with van der Waals surface area (Å²) in [5.74, 6) is 0. The Morgan fingerprint density at radius 2 is 0.710 bits per heavy atom. The molecule has 0 saturated carbocycles. The van der Waals surface area contributed by atoms with Crippen molar-refractivity contribution in [2.75, 3.05) is 19.6 Å². The van der Waals surface area contributed by atoms with Gasteiger partial charge in [0.2, 0.25) is 0 Å². The quantitative estimate of drug-likeness (QED) is 0.0912. The van der Waals surface area contributed by atoms with Gasteiger partial charge in [-0.2, -0.15) is 0 Å². The Kier molecular flexibility index (Phi) is 45.4. The monoisotopic (exact) mass is 649 g/mol. The van der Waals surface area contributed by atoms with Crippen molar-refractivity contribution in [2.24, 2.45) is 0 Å². The van der Waals surface area contributed by atoms with Crippen molar-refractivity contribution >= 4 is 112 Å². The summed E-state index contributed by atoms with van der Waals surface area (Å²) in [6.07, 6.45) is 15.2. The van der Waals surface area contributed by atoms with Crippen LogP contribution in [-0.4, -0.2) is 57.0 Å². The fraction of sp³-hybridized carbons (Fsp3) is 0.857. The third kappa shape index (κ3) is 53.9. The molecule has 0 atom stereocenters. The Morgan fingerprint density at radius 3 is 0.871 bits per heavy atom. The van der Waals surface area contributed by atoms with E-state index in [0.29, 0.717) is 13.0 Å². The fourth-order valence-electron chi connectivity index (χ4n) is 2.23. The topological polar surface area (TPSA) is 36.1 Å². The van der Waals surface area contributed by atoms with Crippen LogP contribution in [0.1, 0.15) is 97.8 Å². The maximum absolute atomic E-state index is 4.68. The van der Waals surface area contributed by atoms with Gasteiger partial charge >= 0.3 is 24.4 Å². The molecule has 3 nitrogen and oxygen atoms in total. The van der Waals surface area contributed by atoms with Crippen LogP contribution >= 0.6 is 36.7 Å². The predicted molar refractivity (Wildman–Crippen MR) is 162 cm³/mol. The van der Waals surface area contributed by atoms with E-state index in [1.807, 2.05) is 0 Å². The zero-order valence-corrected chi connectivity index (χ0v) is 27.0. The van der Waals surface area contributed by atoms with Crippen molar-refractivity contribution in [3.63, 3.8) is 0 Å². The van der Waals surface area contributed by atoms with E-state index >= 15 is 0 Å². The third-order valence-electron chi connectivity index (χ3n) is 3.90. The second kappa shape index (κ2) is 35.7. The van der Waals surface area contributed by atoms with E-state index in [-0.39, 0.29) is 24.4 Å². The molecule has 10 heteroatoms. The van der Waals surface area contributed by atoms with Crippen molar-refractivity contribution in [1.29, 1.82) is 0 Å². The zero-order valence-electron chi connectivity index (χ0n) is 19.5. The zero-order chi connectivity index (χ0) is 23.5. The Morgan fingerprint density at radius 1 is 0.484 bits per heavy atom. The van der Waals surface area contributed by atoms with Crippen LogP contribution in [0, 0.1) is 0 Å². The molecule has 0 fully saturated rings. The first-order valence-corrected chi connectivity index (χ1v) is 13.6. The van der Waals surface area contributed by atoms with E-state index in [1.165, 1.54) is 77.0 Å². The summed E-state index contributed by atoms with van der Waals surface area (Å²) in [7, 11) is 0. The van der Waals surface area contributed by atoms with Gasteiger partial charge in [-0.25, -0.2) is 0 Å². The molecule has 0 aliphatic heterocycles. The first-order chi connectivity index (χ1) is 14.3. The van der Waals surface area contributed by atoms with Gasteiger partial charge < -0.3 is 90.5 Å². The summed E-state index contributed by atoms with van der Waals surface area (Å²) < 4.78 is 1.49. The van der Waals surface area contributed by atoms with Crippen molar-refractivity contribution in [3.05, 3.63) is 0 Å². The van der Waals surface area contributed by atoms with E-state index < -0.39 is 0 Å². The van der Waals surface area contributed by atoms with Gasteiger partial charge in [0, 0.05) is 19.6 Å². The van der Waals surface area contributed by atoms with Crippen LogP contribution in [0.25, 0.3) is 0 Å². The van der Waals surface area contributed by atoms with Crippen LogP contribution < -0.4 is 16.0 Å². The molecule has 0 aliphatic carbocycles. The van der Waals surface area contributed by atoms with Gasteiger partial charge in [-0.1, -0.05) is 91.5 Å². The van der Waals surface area contributed by atoms with E-state index in [2.05, 4.69) is 111 Å². The van der Waals surface area contributed by atoms with Crippen LogP contribution in [0.3, 0.4) is 0 Å². The second-order valence-corrected chi connectivity index (χ2v) is 10.0. The summed E-state index contributed by atoms with van der Waals surface area (Å²) in [5.41, 5.74) is 0. The summed E-state index contributed by atoms with van der Waals surface area (Å²) in [6.45, 7) is 9.44. The number of rotatable bonds is 15. The third-order valence-corrected chi connectivity index (χ3v) is 4.77. The smallest absolute Gasteiger partial charge is 0.412 e. The van der Waals surface area contributed by atoms with Gasteiger partial charge in [0.25, 0.3) is 0 Å². The number of thiocarbonyl (C=S) groups is 3. The minimum atomic E-state index is 0. The summed E-state index contributed by atoms with van der Waals surface area (Å²) in [5, 5.41) is 8.85. The molecule has 0 aromatic carbocycles. The number of hydrogen-bond donors (Lipinski definition) is 3. The average molecular weight is 651 g/mol. The second-order valence-electron chi connectivity index (χ2n) is 6.82. The minimum absolute atomic E-state index is 0. The molecule has 0 amide bonds. The normalized spacial score (nSPS) is 9.00. The van der Waals surface area contributed by atoms with Gasteiger partial charge in [-0.3, -0.25) is 0 Å². The van der Waals surface area contributed by atoms with Crippen molar-refractivity contribution < 1.29 is 0 Å². The molecule has 0 unspecified atom stereocenters. The molecule has 2 radical (unpaired) electrons. The van der Waals surface area contributed by atoms with Gasteiger partial charge in [-0.05, 0) is 19.3 Å². The molecule has 0 saturated heterocycles. The Bertz CT molecular complexity index is 344. The minimum Gasteiger partial charge on any atom is -0.412 e. The fourth-order valence-corrected chi connectivity index (χ4v) is 2.84. The molecule has 0 bridgehead atoms. The largest absolute Gasteiger partial charge is 3.00 e. The molecule has 31 heavy (non-hydrogen) atoms. The predicted octanol–water partition coefficient (Wildman–Crippen LogP) is 5.58. The molecule has 0 rings (SSSR count). The van der Waals surface area contributed by atoms with Crippen LogP contribution in [0.2, 0.25) is 0 Å². The van der Waals surface area contributed by atoms with Crippen molar-refractivity contribution in [3.8, 4) is 0 Å². The van der Waals surface area contributed by atoms with Crippen LogP contribution in [0.15, 0.2) is 0 Å². The standard InChI is InChI=1S/3C7H15NS2.Sb/c3*1-2-3-4-5-6-8-7(9)10;/h3*2-6H2,1H3,(H2,8,9,10);/q;;;+3/p-3. The first-order valence-electron chi connectivity index (χ1n) is 11.2. The van der Waals surface area contributed by atoms with Gasteiger partial charge in [-0.15, -0.1) is 0 Å². The maximum Gasteiger partial charge on any atom is 3.00 e. The molecule has 0 aliphatic rings. The molecule has 0 heterocycles. The Labute approximate surface area is 243 Å². The molecule has 0 aromatic heterocycles. The summed E-state index contributed by atoms with van der Waals surface area (Å²) in [4.78, 5) is 0. The Balaban J connectivity index is -0.000000174. The van der Waals surface area contributed by atoms with Crippen molar-refractivity contribution in [1.82, 2.24) is 16.0 Å². The van der Waals surface area contributed by atoms with Gasteiger partial charge in [0.1, 0.15) is 0 Å². The average Bonchev–Trinajstić information content (AvgIpc) is 2.68. The van der Waals surface area contributed by atoms with Crippen molar-refractivity contribution in [2.45, 2.75) is 97.8 Å². The van der Waals surface area contributed by atoms with E-state index in [9.17, 15) is 0 Å². The molecule has 0 spiro atoms. The molecule has 182 valence electrons.